The number of aliphatic hydroxyl groups excluding tert-OH is 2. The van der Waals surface area contributed by atoms with E-state index in [1.165, 1.54) is 6.92 Å². The van der Waals surface area contributed by atoms with Crippen LogP contribution >= 0.6 is 0 Å². The fraction of sp³-hybridized carbons (Fsp3) is 0.500. The zero-order chi connectivity index (χ0) is 30.3. The molecule has 0 amide bonds. The predicted molar refractivity (Wildman–Crippen MR) is 147 cm³/mol. The molecule has 0 heterocycles. The summed E-state index contributed by atoms with van der Waals surface area (Å²) in [6, 6.07) is 1.67. The molecule has 0 aromatic heterocycles. The number of benzene rings is 1. The van der Waals surface area contributed by atoms with Crippen LogP contribution in [0.5, 0.6) is 5.75 Å². The third-order valence-electron chi connectivity index (χ3n) is 9.03. The fourth-order valence-electron chi connectivity index (χ4n) is 7.58. The van der Waals surface area contributed by atoms with Crippen LogP contribution in [0.25, 0.3) is 5.76 Å². The quantitative estimate of drug-likeness (QED) is 0.323. The Hall–Kier alpha value is -3.70. The second-order valence-electron chi connectivity index (χ2n) is 12.6. The average Bonchev–Trinajstić information content (AvgIpc) is 2.80. The lowest BCUT2D eigenvalue weighted by Gasteiger charge is -2.59. The highest BCUT2D eigenvalue weighted by molar-refractivity contribution is 6.24. The standard InChI is InChI=1S/C32H36O8/c1-14(2)19-11-18(10-9-16(5)33)25(35)22-20(19)12-30(7)13-31(8)23(15(3)4)26(36)21(17(6)34)28(38)32(31,40)29(39)24(30)27(22)37/h11,14-15,23,35,37-38,40H,12-13H2,1-8H3/t23?,30-,31-,32+/m1/s1. The van der Waals surface area contributed by atoms with Crippen LogP contribution in [0.1, 0.15) is 90.0 Å². The van der Waals surface area contributed by atoms with Gasteiger partial charge in [-0.25, -0.2) is 0 Å². The van der Waals surface area contributed by atoms with Crippen LogP contribution in [0.15, 0.2) is 23.0 Å². The summed E-state index contributed by atoms with van der Waals surface area (Å²) in [7, 11) is 0. The maximum absolute atomic E-state index is 14.4. The van der Waals surface area contributed by atoms with E-state index in [0.717, 1.165) is 12.5 Å². The van der Waals surface area contributed by atoms with Gasteiger partial charge in [-0.1, -0.05) is 47.5 Å². The molecule has 0 bridgehead atoms. The molecule has 4 N–H and O–H groups in total. The van der Waals surface area contributed by atoms with Crippen molar-refractivity contribution in [3.05, 3.63) is 45.2 Å². The fourth-order valence-corrected chi connectivity index (χ4v) is 7.58. The first-order valence-corrected chi connectivity index (χ1v) is 13.5. The lowest BCUT2D eigenvalue weighted by Crippen LogP contribution is -2.69. The topological polar surface area (TPSA) is 149 Å². The zero-order valence-electron chi connectivity index (χ0n) is 24.1. The monoisotopic (exact) mass is 548 g/mol. The van der Waals surface area contributed by atoms with Crippen molar-refractivity contribution >= 4 is 28.9 Å². The van der Waals surface area contributed by atoms with Gasteiger partial charge < -0.3 is 20.4 Å². The number of rotatable bonds is 3. The number of hydrogen-bond acceptors (Lipinski definition) is 8. The third-order valence-corrected chi connectivity index (χ3v) is 9.03. The van der Waals surface area contributed by atoms with Crippen LogP contribution in [0.4, 0.5) is 0 Å². The maximum Gasteiger partial charge on any atom is 0.203 e. The van der Waals surface area contributed by atoms with E-state index < -0.39 is 74.2 Å². The van der Waals surface area contributed by atoms with E-state index >= 15 is 0 Å². The average molecular weight is 549 g/mol. The number of aromatic hydroxyl groups is 1. The van der Waals surface area contributed by atoms with Crippen molar-refractivity contribution < 1.29 is 39.6 Å². The van der Waals surface area contributed by atoms with Gasteiger partial charge in [0.15, 0.2) is 17.2 Å². The molecular weight excluding hydrogens is 512 g/mol. The number of aliphatic hydroxyl groups is 3. The third kappa shape index (κ3) is 3.71. The molecule has 1 aromatic rings. The molecule has 1 fully saturated rings. The van der Waals surface area contributed by atoms with Gasteiger partial charge in [-0.3, -0.25) is 19.2 Å². The first kappa shape index (κ1) is 29.3. The van der Waals surface area contributed by atoms with Crippen LogP contribution in [0.3, 0.4) is 0 Å². The number of ketones is 4. The Bertz CT molecular complexity index is 1530. The summed E-state index contributed by atoms with van der Waals surface area (Å²) >= 11 is 0. The molecule has 0 radical (unpaired) electrons. The maximum atomic E-state index is 14.4. The molecule has 3 aliphatic carbocycles. The van der Waals surface area contributed by atoms with Gasteiger partial charge in [0.1, 0.15) is 22.8 Å². The van der Waals surface area contributed by atoms with Gasteiger partial charge in [0.05, 0.1) is 11.1 Å². The smallest absolute Gasteiger partial charge is 0.203 e. The lowest BCUT2D eigenvalue weighted by atomic mass is 9.43. The van der Waals surface area contributed by atoms with Gasteiger partial charge in [-0.05, 0) is 54.7 Å². The first-order valence-electron chi connectivity index (χ1n) is 13.5. The van der Waals surface area contributed by atoms with Crippen LogP contribution in [-0.2, 0) is 25.6 Å². The molecule has 1 aromatic carbocycles. The molecule has 4 rings (SSSR count). The highest BCUT2D eigenvalue weighted by Crippen LogP contribution is 2.65. The van der Waals surface area contributed by atoms with Crippen molar-refractivity contribution in [2.24, 2.45) is 22.7 Å². The summed E-state index contributed by atoms with van der Waals surface area (Å²) in [5, 5.41) is 46.3. The number of phenols is 1. The number of hydrogen-bond donors (Lipinski definition) is 4. The van der Waals surface area contributed by atoms with Gasteiger partial charge in [0.2, 0.25) is 11.6 Å². The van der Waals surface area contributed by atoms with Crippen LogP contribution < -0.4 is 0 Å². The number of allylic oxidation sites excluding steroid dienone is 1. The van der Waals surface area contributed by atoms with Crippen LogP contribution in [-0.4, -0.2) is 49.2 Å². The van der Waals surface area contributed by atoms with E-state index in [9.17, 15) is 39.6 Å². The highest BCUT2D eigenvalue weighted by Gasteiger charge is 2.72. The molecule has 1 unspecified atom stereocenters. The van der Waals surface area contributed by atoms with Gasteiger partial charge in [-0.15, -0.1) is 0 Å². The van der Waals surface area contributed by atoms with E-state index in [1.807, 2.05) is 13.8 Å². The molecule has 3 aliphatic rings. The molecule has 8 nitrogen and oxygen atoms in total. The largest absolute Gasteiger partial charge is 0.508 e. The van der Waals surface area contributed by atoms with Gasteiger partial charge in [0, 0.05) is 29.2 Å². The van der Waals surface area contributed by atoms with Crippen molar-refractivity contribution in [1.29, 1.82) is 0 Å². The van der Waals surface area contributed by atoms with E-state index in [0.29, 0.717) is 5.56 Å². The van der Waals surface area contributed by atoms with E-state index in [2.05, 4.69) is 11.8 Å². The summed E-state index contributed by atoms with van der Waals surface area (Å²) in [5.74, 6) is -1.22. The molecule has 0 spiro atoms. The lowest BCUT2D eigenvalue weighted by molar-refractivity contribution is -0.178. The van der Waals surface area contributed by atoms with Gasteiger partial charge in [0.25, 0.3) is 0 Å². The Balaban J connectivity index is 2.11. The summed E-state index contributed by atoms with van der Waals surface area (Å²) in [5.41, 5.74) is -4.65. The Kier molecular flexibility index (Phi) is 6.71. The van der Waals surface area contributed by atoms with Gasteiger partial charge in [-0.2, -0.15) is 0 Å². The summed E-state index contributed by atoms with van der Waals surface area (Å²) in [6.45, 7) is 13.1. The van der Waals surface area contributed by atoms with Crippen LogP contribution in [0.2, 0.25) is 0 Å². The molecular formula is C32H36O8. The molecule has 0 aliphatic heterocycles. The van der Waals surface area contributed by atoms with E-state index in [1.54, 1.807) is 33.8 Å². The Labute approximate surface area is 233 Å². The van der Waals surface area contributed by atoms with Crippen LogP contribution in [0, 0.1) is 34.5 Å². The SMILES string of the molecule is CC(=O)C#Cc1cc(C(C)C)c2c(c1O)C(O)=C1C(=O)[C@@]3(O)C(O)=C(C(C)=O)C(=O)C(C(C)C)[C@@]3(C)C[C@@]1(C)C2. The van der Waals surface area contributed by atoms with E-state index in [-0.39, 0.29) is 35.5 Å². The number of phenolic OH excluding ortho intramolecular Hbond substituents is 1. The minimum Gasteiger partial charge on any atom is -0.508 e. The van der Waals surface area contributed by atoms with E-state index in [4.69, 9.17) is 0 Å². The van der Waals surface area contributed by atoms with Crippen molar-refractivity contribution in [1.82, 2.24) is 0 Å². The number of carbonyl (C=O) groups excluding carboxylic acids is 4. The normalized spacial score (nSPS) is 29.6. The second kappa shape index (κ2) is 9.17. The number of carbonyl (C=O) groups is 4. The summed E-state index contributed by atoms with van der Waals surface area (Å²) in [6.07, 6.45) is 0.207. The van der Waals surface area contributed by atoms with Crippen molar-refractivity contribution in [3.63, 3.8) is 0 Å². The minimum atomic E-state index is -2.67. The van der Waals surface area contributed by atoms with Gasteiger partial charge >= 0.3 is 0 Å². The number of Topliss-reactive ketones (excluding diaryl/α,β-unsaturated/α-hetero) is 4. The predicted octanol–water partition coefficient (Wildman–Crippen LogP) is 4.25. The Morgan fingerprint density at radius 3 is 2.15 bits per heavy atom. The van der Waals surface area contributed by atoms with Crippen molar-refractivity contribution in [3.8, 4) is 17.6 Å². The number of fused-ring (bicyclic) bond motifs is 3. The Morgan fingerprint density at radius 1 is 1.05 bits per heavy atom. The summed E-state index contributed by atoms with van der Waals surface area (Å²) in [4.78, 5) is 52.0. The summed E-state index contributed by atoms with van der Waals surface area (Å²) < 4.78 is 0. The molecule has 212 valence electrons. The Morgan fingerprint density at radius 2 is 1.65 bits per heavy atom. The van der Waals surface area contributed by atoms with Crippen molar-refractivity contribution in [2.45, 2.75) is 79.8 Å². The zero-order valence-corrected chi connectivity index (χ0v) is 24.1. The molecule has 0 saturated heterocycles. The molecule has 4 atom stereocenters. The second-order valence-corrected chi connectivity index (χ2v) is 12.6. The van der Waals surface area contributed by atoms with Crippen molar-refractivity contribution in [2.75, 3.05) is 0 Å². The molecule has 40 heavy (non-hydrogen) atoms. The first-order chi connectivity index (χ1) is 18.3. The molecule has 8 heteroatoms. The molecule has 1 saturated carbocycles. The minimum absolute atomic E-state index is 0.0189. The highest BCUT2D eigenvalue weighted by atomic mass is 16.3.